The van der Waals surface area contributed by atoms with Gasteiger partial charge in [-0.1, -0.05) is 51.8 Å². The van der Waals surface area contributed by atoms with Gasteiger partial charge in [0.05, 0.1) is 0 Å². The molecule has 0 atom stereocenters. The summed E-state index contributed by atoms with van der Waals surface area (Å²) in [5, 5.41) is 0.843. The highest BCUT2D eigenvalue weighted by molar-refractivity contribution is 9.09. The van der Waals surface area contributed by atoms with E-state index in [0.29, 0.717) is 0 Å². The molecule has 0 fully saturated rings. The topological polar surface area (TPSA) is 0 Å². The van der Waals surface area contributed by atoms with E-state index in [1.807, 2.05) is 0 Å². The lowest BCUT2D eigenvalue weighted by atomic mass is 10.0. The van der Waals surface area contributed by atoms with E-state index in [1.165, 1.54) is 16.7 Å². The van der Waals surface area contributed by atoms with Crippen LogP contribution in [-0.4, -0.2) is 5.33 Å². The van der Waals surface area contributed by atoms with Crippen molar-refractivity contribution in [2.75, 3.05) is 5.33 Å². The fourth-order valence-electron chi connectivity index (χ4n) is 1.26. The van der Waals surface area contributed by atoms with E-state index in [4.69, 9.17) is 0 Å². The first kappa shape index (κ1) is 9.53. The highest BCUT2D eigenvalue weighted by Crippen LogP contribution is 2.17. The van der Waals surface area contributed by atoms with Crippen LogP contribution < -0.4 is 0 Å². The van der Waals surface area contributed by atoms with Gasteiger partial charge < -0.3 is 0 Å². The molecule has 1 heteroatoms. The first-order chi connectivity index (χ1) is 5.63. The Morgan fingerprint density at radius 3 is 2.17 bits per heavy atom. The minimum Gasteiger partial charge on any atom is -0.0944 e. The molecule has 0 aliphatic rings. The maximum Gasteiger partial charge on any atom is 0.0283 e. The number of aryl methyl sites for hydroxylation is 2. The highest BCUT2D eigenvalue weighted by atomic mass is 79.9. The summed E-state index contributed by atoms with van der Waals surface area (Å²) in [4.78, 5) is 0. The zero-order chi connectivity index (χ0) is 9.14. The summed E-state index contributed by atoms with van der Waals surface area (Å²) in [5.74, 6) is 0. The molecule has 1 aromatic rings. The lowest BCUT2D eigenvalue weighted by molar-refractivity contribution is 1.36. The molecule has 1 aromatic carbocycles. The molecule has 0 saturated heterocycles. The molecule has 0 spiro atoms. The van der Waals surface area contributed by atoms with Gasteiger partial charge >= 0.3 is 0 Å². The Bertz CT molecular complexity index is 280. The molecule has 0 amide bonds. The molecule has 0 heterocycles. The Kier molecular flexibility index (Phi) is 3.10. The van der Waals surface area contributed by atoms with E-state index >= 15 is 0 Å². The van der Waals surface area contributed by atoms with Gasteiger partial charge in [0.15, 0.2) is 0 Å². The van der Waals surface area contributed by atoms with Gasteiger partial charge in [0.1, 0.15) is 0 Å². The third-order valence-corrected chi connectivity index (χ3v) is 2.47. The lowest BCUT2D eigenvalue weighted by Crippen LogP contribution is -1.86. The molecule has 1 rings (SSSR count). The molecule has 0 bridgehead atoms. The number of rotatable bonds is 2. The zero-order valence-corrected chi connectivity index (χ0v) is 9.11. The fourth-order valence-corrected chi connectivity index (χ4v) is 1.58. The summed E-state index contributed by atoms with van der Waals surface area (Å²) in [5.41, 5.74) is 4.98. The number of alkyl halides is 1. The third kappa shape index (κ3) is 2.21. The van der Waals surface area contributed by atoms with Gasteiger partial charge in [0, 0.05) is 5.33 Å². The molecule has 0 radical (unpaired) electrons. The van der Waals surface area contributed by atoms with Crippen molar-refractivity contribution in [1.82, 2.24) is 0 Å². The SMILES string of the molecule is C=C(CBr)c1cc(C)cc(C)c1. The normalized spacial score (nSPS) is 9.92. The van der Waals surface area contributed by atoms with Crippen molar-refractivity contribution in [3.63, 3.8) is 0 Å². The van der Waals surface area contributed by atoms with Gasteiger partial charge in [-0.15, -0.1) is 0 Å². The van der Waals surface area contributed by atoms with E-state index in [2.05, 4.69) is 54.6 Å². The van der Waals surface area contributed by atoms with Crippen LogP contribution in [0, 0.1) is 13.8 Å². The number of allylic oxidation sites excluding steroid dienone is 1. The van der Waals surface area contributed by atoms with Gasteiger partial charge in [0.2, 0.25) is 0 Å². The molecule has 64 valence electrons. The minimum absolute atomic E-state index is 0.843. The van der Waals surface area contributed by atoms with Crippen LogP contribution >= 0.6 is 15.9 Å². The Morgan fingerprint density at radius 2 is 1.75 bits per heavy atom. The van der Waals surface area contributed by atoms with Gasteiger partial charge in [-0.2, -0.15) is 0 Å². The first-order valence-corrected chi connectivity index (χ1v) is 5.08. The number of benzene rings is 1. The monoisotopic (exact) mass is 224 g/mol. The maximum absolute atomic E-state index is 3.98. The summed E-state index contributed by atoms with van der Waals surface area (Å²) < 4.78 is 0. The van der Waals surface area contributed by atoms with Gasteiger partial charge in [-0.3, -0.25) is 0 Å². The van der Waals surface area contributed by atoms with Crippen LogP contribution in [0.15, 0.2) is 24.8 Å². The second kappa shape index (κ2) is 3.90. The Balaban J connectivity index is 3.08. The van der Waals surface area contributed by atoms with Crippen LogP contribution in [0.4, 0.5) is 0 Å². The molecule has 12 heavy (non-hydrogen) atoms. The van der Waals surface area contributed by atoms with Gasteiger partial charge in [-0.05, 0) is 25.0 Å². The first-order valence-electron chi connectivity index (χ1n) is 3.96. The fraction of sp³-hybridized carbons (Fsp3) is 0.273. The Hall–Kier alpha value is -0.560. The number of hydrogen-bond donors (Lipinski definition) is 0. The maximum atomic E-state index is 3.98. The van der Waals surface area contributed by atoms with Crippen molar-refractivity contribution >= 4 is 21.5 Å². The second-order valence-electron chi connectivity index (χ2n) is 3.11. The average molecular weight is 225 g/mol. The van der Waals surface area contributed by atoms with Gasteiger partial charge in [0.25, 0.3) is 0 Å². The molecular formula is C11H13Br. The van der Waals surface area contributed by atoms with Crippen molar-refractivity contribution in [3.05, 3.63) is 41.5 Å². The average Bonchev–Trinajstić information content (AvgIpc) is 2.01. The van der Waals surface area contributed by atoms with E-state index in [0.717, 1.165) is 10.9 Å². The summed E-state index contributed by atoms with van der Waals surface area (Å²) >= 11 is 3.40. The van der Waals surface area contributed by atoms with Crippen molar-refractivity contribution in [2.45, 2.75) is 13.8 Å². The van der Waals surface area contributed by atoms with Crippen molar-refractivity contribution in [1.29, 1.82) is 0 Å². The largest absolute Gasteiger partial charge is 0.0944 e. The lowest BCUT2D eigenvalue weighted by Gasteiger charge is -2.04. The minimum atomic E-state index is 0.843. The van der Waals surface area contributed by atoms with Crippen molar-refractivity contribution < 1.29 is 0 Å². The Labute approximate surface area is 82.4 Å². The standard InChI is InChI=1S/C11H13Br/c1-8-4-9(2)6-11(5-8)10(3)7-12/h4-6H,3,7H2,1-2H3. The molecular weight excluding hydrogens is 212 g/mol. The quantitative estimate of drug-likeness (QED) is 0.673. The summed E-state index contributed by atoms with van der Waals surface area (Å²) in [6, 6.07) is 6.50. The summed E-state index contributed by atoms with van der Waals surface area (Å²) in [6.07, 6.45) is 0. The van der Waals surface area contributed by atoms with Crippen molar-refractivity contribution in [3.8, 4) is 0 Å². The van der Waals surface area contributed by atoms with Crippen molar-refractivity contribution in [2.24, 2.45) is 0 Å². The molecule has 0 unspecified atom stereocenters. The highest BCUT2D eigenvalue weighted by Gasteiger charge is 1.98. The number of halogens is 1. The molecule has 0 aromatic heterocycles. The molecule has 0 aliphatic carbocycles. The number of hydrogen-bond acceptors (Lipinski definition) is 0. The van der Waals surface area contributed by atoms with E-state index < -0.39 is 0 Å². The zero-order valence-electron chi connectivity index (χ0n) is 7.52. The summed E-state index contributed by atoms with van der Waals surface area (Å²) in [7, 11) is 0. The van der Waals surface area contributed by atoms with Gasteiger partial charge in [-0.25, -0.2) is 0 Å². The molecule has 0 saturated carbocycles. The Morgan fingerprint density at radius 1 is 1.25 bits per heavy atom. The van der Waals surface area contributed by atoms with Crippen LogP contribution in [0.3, 0.4) is 0 Å². The van der Waals surface area contributed by atoms with Crippen LogP contribution in [0.1, 0.15) is 16.7 Å². The molecule has 0 nitrogen and oxygen atoms in total. The van der Waals surface area contributed by atoms with Crippen LogP contribution in [0.5, 0.6) is 0 Å². The predicted octanol–water partition coefficient (Wildman–Crippen LogP) is 3.71. The smallest absolute Gasteiger partial charge is 0.0283 e. The van der Waals surface area contributed by atoms with Crippen LogP contribution in [0.25, 0.3) is 5.57 Å². The molecule has 0 N–H and O–H groups in total. The predicted molar refractivity (Wildman–Crippen MR) is 58.7 cm³/mol. The van der Waals surface area contributed by atoms with Crippen LogP contribution in [-0.2, 0) is 0 Å². The van der Waals surface area contributed by atoms with Crippen LogP contribution in [0.2, 0.25) is 0 Å². The van der Waals surface area contributed by atoms with E-state index in [9.17, 15) is 0 Å². The van der Waals surface area contributed by atoms with E-state index in [-0.39, 0.29) is 0 Å². The van der Waals surface area contributed by atoms with E-state index in [1.54, 1.807) is 0 Å². The third-order valence-electron chi connectivity index (χ3n) is 1.79. The molecule has 0 aliphatic heterocycles. The summed E-state index contributed by atoms with van der Waals surface area (Å²) in [6.45, 7) is 8.20. The second-order valence-corrected chi connectivity index (χ2v) is 3.67.